The molecule has 0 aliphatic carbocycles. The Labute approximate surface area is 94.6 Å². The van der Waals surface area contributed by atoms with Crippen LogP contribution in [0.4, 0.5) is 8.78 Å². The van der Waals surface area contributed by atoms with Gasteiger partial charge in [-0.05, 0) is 6.07 Å². The molecule has 90 valence electrons. The summed E-state index contributed by atoms with van der Waals surface area (Å²) >= 11 is 0. The molecule has 6 heteroatoms. The van der Waals surface area contributed by atoms with Gasteiger partial charge < -0.3 is 15.3 Å². The molecule has 0 radical (unpaired) electrons. The monoisotopic (exact) mass is 241 g/mol. The van der Waals surface area contributed by atoms with Gasteiger partial charge >= 0.3 is 5.97 Å². The van der Waals surface area contributed by atoms with Crippen LogP contribution in [0.2, 0.25) is 0 Å². The molecule has 0 saturated carbocycles. The fraction of sp³-hybridized carbons (Fsp3) is 0.182. The lowest BCUT2D eigenvalue weighted by Gasteiger charge is -2.11. The Balaban J connectivity index is 2.59. The number of fused-ring (bicyclic) bond motifs is 1. The molecule has 0 spiro atoms. The van der Waals surface area contributed by atoms with E-state index in [0.29, 0.717) is 6.07 Å². The first-order chi connectivity index (χ1) is 8.00. The minimum absolute atomic E-state index is 0.0439. The van der Waals surface area contributed by atoms with Crippen molar-refractivity contribution in [3.8, 4) is 0 Å². The van der Waals surface area contributed by atoms with E-state index >= 15 is 0 Å². The number of carboxylic acid groups (broad SMARTS) is 1. The zero-order valence-corrected chi connectivity index (χ0v) is 8.61. The van der Waals surface area contributed by atoms with Gasteiger partial charge in [0.15, 0.2) is 11.4 Å². The summed E-state index contributed by atoms with van der Waals surface area (Å²) in [5.41, 5.74) is 5.42. The largest absolute Gasteiger partial charge is 0.481 e. The quantitative estimate of drug-likeness (QED) is 0.863. The van der Waals surface area contributed by atoms with Gasteiger partial charge in [0.2, 0.25) is 0 Å². The van der Waals surface area contributed by atoms with E-state index in [1.807, 2.05) is 0 Å². The number of nitrogens with two attached hydrogens (primary N) is 1. The van der Waals surface area contributed by atoms with Crippen molar-refractivity contribution in [2.24, 2.45) is 5.73 Å². The number of hydrogen-bond donors (Lipinski definition) is 2. The molecule has 1 unspecified atom stereocenters. The lowest BCUT2D eigenvalue weighted by atomic mass is 10.00. The van der Waals surface area contributed by atoms with Crippen LogP contribution in [0.3, 0.4) is 0 Å². The summed E-state index contributed by atoms with van der Waals surface area (Å²) in [4.78, 5) is 10.5. The Hall–Kier alpha value is -1.95. The number of carboxylic acids is 1. The molecule has 3 N–H and O–H groups in total. The van der Waals surface area contributed by atoms with E-state index in [9.17, 15) is 13.6 Å². The molecule has 0 aliphatic heterocycles. The molecule has 0 amide bonds. The van der Waals surface area contributed by atoms with Gasteiger partial charge in [-0.2, -0.15) is 0 Å². The molecule has 4 nitrogen and oxygen atoms in total. The van der Waals surface area contributed by atoms with Gasteiger partial charge in [0.1, 0.15) is 5.82 Å². The molecule has 1 aromatic heterocycles. The standard InChI is InChI=1S/C11H9F2NO3/c12-6-3-7(13)11-5(1-2-17-11)10(6)8(14)4-9(15)16/h1-3,8H,4,14H2,(H,15,16). The van der Waals surface area contributed by atoms with Crippen molar-refractivity contribution in [1.82, 2.24) is 0 Å². The Kier molecular flexibility index (Phi) is 2.81. The van der Waals surface area contributed by atoms with E-state index in [2.05, 4.69) is 0 Å². The average Bonchev–Trinajstić information content (AvgIpc) is 2.64. The second-order valence-electron chi connectivity index (χ2n) is 3.62. The Bertz CT molecular complexity index is 579. The smallest absolute Gasteiger partial charge is 0.305 e. The third-order valence-corrected chi connectivity index (χ3v) is 2.45. The van der Waals surface area contributed by atoms with Crippen LogP contribution in [-0.2, 0) is 4.79 Å². The van der Waals surface area contributed by atoms with Crippen LogP contribution in [0.15, 0.2) is 22.8 Å². The summed E-state index contributed by atoms with van der Waals surface area (Å²) in [7, 11) is 0. The van der Waals surface area contributed by atoms with Crippen LogP contribution in [0.25, 0.3) is 11.0 Å². The van der Waals surface area contributed by atoms with E-state index in [1.165, 1.54) is 12.3 Å². The maximum Gasteiger partial charge on any atom is 0.305 e. The van der Waals surface area contributed by atoms with Crippen molar-refractivity contribution >= 4 is 16.9 Å². The van der Waals surface area contributed by atoms with Crippen LogP contribution in [0.1, 0.15) is 18.0 Å². The molecule has 17 heavy (non-hydrogen) atoms. The zero-order chi connectivity index (χ0) is 12.6. The van der Waals surface area contributed by atoms with Gasteiger partial charge in [-0.25, -0.2) is 8.78 Å². The van der Waals surface area contributed by atoms with Gasteiger partial charge in [0, 0.05) is 23.1 Å². The molecular formula is C11H9F2NO3. The summed E-state index contributed by atoms with van der Waals surface area (Å²) in [5.74, 6) is -2.86. The molecule has 2 rings (SSSR count). The maximum absolute atomic E-state index is 13.6. The minimum atomic E-state index is -1.15. The summed E-state index contributed by atoms with van der Waals surface area (Å²) in [6.45, 7) is 0. The van der Waals surface area contributed by atoms with E-state index < -0.39 is 30.1 Å². The van der Waals surface area contributed by atoms with Gasteiger partial charge in [-0.3, -0.25) is 4.79 Å². The molecule has 1 aromatic carbocycles. The lowest BCUT2D eigenvalue weighted by molar-refractivity contribution is -0.137. The molecule has 0 saturated heterocycles. The highest BCUT2D eigenvalue weighted by Gasteiger charge is 2.21. The van der Waals surface area contributed by atoms with E-state index in [-0.39, 0.29) is 16.5 Å². The number of benzene rings is 1. The lowest BCUT2D eigenvalue weighted by Crippen LogP contribution is -2.17. The van der Waals surface area contributed by atoms with Crippen LogP contribution in [-0.4, -0.2) is 11.1 Å². The number of rotatable bonds is 3. The number of halogens is 2. The Morgan fingerprint density at radius 3 is 2.82 bits per heavy atom. The number of furan rings is 1. The van der Waals surface area contributed by atoms with Gasteiger partial charge in [-0.1, -0.05) is 0 Å². The first-order valence-electron chi connectivity index (χ1n) is 4.83. The average molecular weight is 241 g/mol. The topological polar surface area (TPSA) is 76.5 Å². The third-order valence-electron chi connectivity index (χ3n) is 2.45. The minimum Gasteiger partial charge on any atom is -0.481 e. The van der Waals surface area contributed by atoms with Gasteiger partial charge in [-0.15, -0.1) is 0 Å². The fourth-order valence-corrected chi connectivity index (χ4v) is 1.76. The van der Waals surface area contributed by atoms with E-state index in [4.69, 9.17) is 15.3 Å². The van der Waals surface area contributed by atoms with Crippen molar-refractivity contribution in [1.29, 1.82) is 0 Å². The zero-order valence-electron chi connectivity index (χ0n) is 8.61. The molecular weight excluding hydrogens is 232 g/mol. The highest BCUT2D eigenvalue weighted by atomic mass is 19.1. The predicted molar refractivity (Wildman–Crippen MR) is 55.3 cm³/mol. The van der Waals surface area contributed by atoms with Crippen LogP contribution >= 0.6 is 0 Å². The van der Waals surface area contributed by atoms with Gasteiger partial charge in [0.25, 0.3) is 0 Å². The molecule has 0 bridgehead atoms. The van der Waals surface area contributed by atoms with Crippen molar-refractivity contribution in [2.45, 2.75) is 12.5 Å². The summed E-state index contributed by atoms with van der Waals surface area (Å²) < 4.78 is 31.8. The summed E-state index contributed by atoms with van der Waals surface area (Å²) in [6, 6.07) is 0.953. The second kappa shape index (κ2) is 4.14. The van der Waals surface area contributed by atoms with E-state index in [0.717, 1.165) is 0 Å². The first kappa shape index (κ1) is 11.5. The predicted octanol–water partition coefficient (Wildman–Crippen LogP) is 2.19. The number of aliphatic carboxylic acids is 1. The van der Waals surface area contributed by atoms with Crippen molar-refractivity contribution in [3.05, 3.63) is 35.6 Å². The van der Waals surface area contributed by atoms with Crippen LogP contribution in [0.5, 0.6) is 0 Å². The normalized spacial score (nSPS) is 12.9. The van der Waals surface area contributed by atoms with Crippen LogP contribution < -0.4 is 5.73 Å². The van der Waals surface area contributed by atoms with Crippen molar-refractivity contribution < 1.29 is 23.1 Å². The van der Waals surface area contributed by atoms with Crippen LogP contribution in [0, 0.1) is 11.6 Å². The first-order valence-corrected chi connectivity index (χ1v) is 4.83. The molecule has 1 heterocycles. The van der Waals surface area contributed by atoms with Gasteiger partial charge in [0.05, 0.1) is 12.7 Å². The highest BCUT2D eigenvalue weighted by molar-refractivity contribution is 5.83. The highest BCUT2D eigenvalue weighted by Crippen LogP contribution is 2.30. The maximum atomic E-state index is 13.6. The summed E-state index contributed by atoms with van der Waals surface area (Å²) in [5, 5.41) is 8.78. The fourth-order valence-electron chi connectivity index (χ4n) is 1.76. The third kappa shape index (κ3) is 1.99. The SMILES string of the molecule is NC(CC(=O)O)c1c(F)cc(F)c2occc12. The molecule has 1 atom stereocenters. The van der Waals surface area contributed by atoms with Crippen molar-refractivity contribution in [3.63, 3.8) is 0 Å². The molecule has 0 aliphatic rings. The molecule has 2 aromatic rings. The number of carbonyl (C=O) groups is 1. The second-order valence-corrected chi connectivity index (χ2v) is 3.62. The molecule has 0 fully saturated rings. The summed E-state index contributed by atoms with van der Waals surface area (Å²) in [6.07, 6.45) is 0.757. The van der Waals surface area contributed by atoms with E-state index in [1.54, 1.807) is 0 Å². The number of hydrogen-bond acceptors (Lipinski definition) is 3. The Morgan fingerprint density at radius 2 is 2.18 bits per heavy atom. The Morgan fingerprint density at radius 1 is 1.47 bits per heavy atom. The van der Waals surface area contributed by atoms with Crippen molar-refractivity contribution in [2.75, 3.05) is 0 Å².